The average molecular weight is 338 g/mol. The maximum Gasteiger partial charge on any atom is 0.128 e. The number of hydrogen-bond donors (Lipinski definition) is 1. The van der Waals surface area contributed by atoms with Gasteiger partial charge in [-0.25, -0.2) is 4.39 Å². The fourth-order valence-electron chi connectivity index (χ4n) is 2.90. The van der Waals surface area contributed by atoms with E-state index in [1.807, 2.05) is 19.1 Å². The van der Waals surface area contributed by atoms with Gasteiger partial charge in [0.05, 0.1) is 6.26 Å². The first-order valence-corrected chi connectivity index (χ1v) is 7.71. The Morgan fingerprint density at radius 1 is 1.40 bits per heavy atom. The second kappa shape index (κ2) is 5.70. The van der Waals surface area contributed by atoms with Crippen LogP contribution in [0.15, 0.2) is 39.4 Å². The second-order valence-electron chi connectivity index (χ2n) is 5.30. The summed E-state index contributed by atoms with van der Waals surface area (Å²) in [6.07, 6.45) is 4.91. The number of nitrogens with one attached hydrogen (secondary N) is 1. The Morgan fingerprint density at radius 2 is 2.25 bits per heavy atom. The fourth-order valence-corrected chi connectivity index (χ4v) is 3.28. The molecule has 2 nitrogen and oxygen atoms in total. The summed E-state index contributed by atoms with van der Waals surface area (Å²) in [6.45, 7) is 2.00. The topological polar surface area (TPSA) is 25.2 Å². The Hall–Kier alpha value is -1.13. The zero-order chi connectivity index (χ0) is 14.1. The zero-order valence-corrected chi connectivity index (χ0v) is 12.9. The number of aryl methyl sites for hydroxylation is 1. The quantitative estimate of drug-likeness (QED) is 0.860. The van der Waals surface area contributed by atoms with E-state index in [0.717, 1.165) is 29.5 Å². The van der Waals surface area contributed by atoms with Crippen molar-refractivity contribution in [1.82, 2.24) is 5.32 Å². The molecule has 0 amide bonds. The third kappa shape index (κ3) is 2.67. The van der Waals surface area contributed by atoms with Gasteiger partial charge in [-0.15, -0.1) is 0 Å². The summed E-state index contributed by atoms with van der Waals surface area (Å²) in [7, 11) is 0. The van der Waals surface area contributed by atoms with Gasteiger partial charge >= 0.3 is 0 Å². The van der Waals surface area contributed by atoms with E-state index in [4.69, 9.17) is 4.42 Å². The minimum atomic E-state index is -0.170. The molecule has 0 fully saturated rings. The van der Waals surface area contributed by atoms with Gasteiger partial charge in [0.15, 0.2) is 0 Å². The van der Waals surface area contributed by atoms with Crippen molar-refractivity contribution in [3.63, 3.8) is 0 Å². The molecule has 0 bridgehead atoms. The molecule has 106 valence electrons. The van der Waals surface area contributed by atoms with Crippen molar-refractivity contribution in [2.45, 2.75) is 38.3 Å². The highest BCUT2D eigenvalue weighted by molar-refractivity contribution is 9.10. The minimum absolute atomic E-state index is 0.0432. The lowest BCUT2D eigenvalue weighted by Crippen LogP contribution is -2.27. The Labute approximate surface area is 126 Å². The molecule has 1 N–H and O–H groups in total. The van der Waals surface area contributed by atoms with Crippen LogP contribution in [0.3, 0.4) is 0 Å². The molecule has 1 aliphatic carbocycles. The van der Waals surface area contributed by atoms with Crippen LogP contribution in [0.4, 0.5) is 4.39 Å². The molecule has 1 aliphatic rings. The molecule has 2 atom stereocenters. The Kier molecular flexibility index (Phi) is 3.94. The normalized spacial score (nSPS) is 19.6. The number of furan rings is 1. The van der Waals surface area contributed by atoms with E-state index >= 15 is 0 Å². The van der Waals surface area contributed by atoms with Gasteiger partial charge in [0, 0.05) is 34.1 Å². The third-order valence-corrected chi connectivity index (χ3v) is 4.42. The molecular weight excluding hydrogens is 321 g/mol. The van der Waals surface area contributed by atoms with Crippen LogP contribution in [-0.2, 0) is 6.42 Å². The number of benzene rings is 1. The summed E-state index contributed by atoms with van der Waals surface area (Å²) in [4.78, 5) is 0. The molecule has 0 aliphatic heterocycles. The number of fused-ring (bicyclic) bond motifs is 1. The van der Waals surface area contributed by atoms with Gasteiger partial charge in [0.1, 0.15) is 11.6 Å². The third-order valence-electron chi connectivity index (χ3n) is 3.93. The molecule has 20 heavy (non-hydrogen) atoms. The molecule has 0 spiro atoms. The lowest BCUT2D eigenvalue weighted by atomic mass is 9.92. The lowest BCUT2D eigenvalue weighted by Gasteiger charge is -2.27. The number of hydrogen-bond acceptors (Lipinski definition) is 2. The number of rotatable bonds is 3. The van der Waals surface area contributed by atoms with Crippen LogP contribution in [0.25, 0.3) is 0 Å². The lowest BCUT2D eigenvalue weighted by molar-refractivity contribution is 0.381. The highest BCUT2D eigenvalue weighted by atomic mass is 79.9. The van der Waals surface area contributed by atoms with Gasteiger partial charge in [-0.3, -0.25) is 0 Å². The van der Waals surface area contributed by atoms with E-state index in [-0.39, 0.29) is 17.9 Å². The van der Waals surface area contributed by atoms with E-state index in [1.54, 1.807) is 12.3 Å². The molecule has 1 aromatic heterocycles. The van der Waals surface area contributed by atoms with Crippen molar-refractivity contribution in [3.8, 4) is 0 Å². The Balaban J connectivity index is 1.80. The maximum atomic E-state index is 13.9. The Bertz CT molecular complexity index is 610. The summed E-state index contributed by atoms with van der Waals surface area (Å²) in [6, 6.07) is 7.29. The maximum absolute atomic E-state index is 13.9. The van der Waals surface area contributed by atoms with Crippen molar-refractivity contribution in [3.05, 3.63) is 57.7 Å². The predicted octanol–water partition coefficient (Wildman–Crippen LogP) is 4.91. The smallest absolute Gasteiger partial charge is 0.128 e. The van der Waals surface area contributed by atoms with Crippen molar-refractivity contribution in [2.24, 2.45) is 0 Å². The van der Waals surface area contributed by atoms with Crippen LogP contribution in [0.5, 0.6) is 0 Å². The second-order valence-corrected chi connectivity index (χ2v) is 6.21. The monoisotopic (exact) mass is 337 g/mol. The minimum Gasteiger partial charge on any atom is -0.469 e. The van der Waals surface area contributed by atoms with Crippen molar-refractivity contribution in [2.75, 3.05) is 0 Å². The molecular formula is C16H17BrFNO. The standard InChI is InChI=1S/C16H17BrFNO/c1-10(13-9-11(17)5-6-14(13)18)19-15-3-2-4-16-12(15)7-8-20-16/h5-10,15,19H,2-4H2,1H3. The molecule has 3 rings (SSSR count). The first kappa shape index (κ1) is 13.8. The van der Waals surface area contributed by atoms with Gasteiger partial charge in [-0.05, 0) is 44.0 Å². The van der Waals surface area contributed by atoms with Gasteiger partial charge < -0.3 is 9.73 Å². The van der Waals surface area contributed by atoms with Gasteiger partial charge in [0.25, 0.3) is 0 Å². The SMILES string of the molecule is CC(NC1CCCc2occc21)c1cc(Br)ccc1F. The van der Waals surface area contributed by atoms with Gasteiger partial charge in [-0.1, -0.05) is 15.9 Å². The van der Waals surface area contributed by atoms with Gasteiger partial charge in [-0.2, -0.15) is 0 Å². The summed E-state index contributed by atoms with van der Waals surface area (Å²) in [5, 5.41) is 3.52. The average Bonchev–Trinajstić information content (AvgIpc) is 2.91. The molecule has 0 saturated carbocycles. The zero-order valence-electron chi connectivity index (χ0n) is 11.3. The van der Waals surface area contributed by atoms with E-state index in [0.29, 0.717) is 5.56 Å². The number of halogens is 2. The largest absolute Gasteiger partial charge is 0.469 e. The van der Waals surface area contributed by atoms with Crippen LogP contribution in [0.2, 0.25) is 0 Å². The van der Waals surface area contributed by atoms with Crippen molar-refractivity contribution < 1.29 is 8.81 Å². The van der Waals surface area contributed by atoms with E-state index in [1.165, 1.54) is 11.6 Å². The predicted molar refractivity (Wildman–Crippen MR) is 80.0 cm³/mol. The molecule has 0 saturated heterocycles. The first-order valence-electron chi connectivity index (χ1n) is 6.92. The van der Waals surface area contributed by atoms with Gasteiger partial charge in [0.2, 0.25) is 0 Å². The van der Waals surface area contributed by atoms with Crippen molar-refractivity contribution >= 4 is 15.9 Å². The van der Waals surface area contributed by atoms with E-state index in [9.17, 15) is 4.39 Å². The molecule has 2 unspecified atom stereocenters. The summed E-state index contributed by atoms with van der Waals surface area (Å²) >= 11 is 3.40. The van der Waals surface area contributed by atoms with Crippen LogP contribution in [0.1, 0.15) is 48.7 Å². The molecule has 4 heteroatoms. The van der Waals surface area contributed by atoms with Crippen LogP contribution < -0.4 is 5.32 Å². The Morgan fingerprint density at radius 3 is 3.10 bits per heavy atom. The summed E-state index contributed by atoms with van der Waals surface area (Å²) in [5.74, 6) is 0.895. The molecule has 2 aromatic rings. The van der Waals surface area contributed by atoms with Crippen molar-refractivity contribution in [1.29, 1.82) is 0 Å². The highest BCUT2D eigenvalue weighted by Crippen LogP contribution is 2.33. The molecule has 1 heterocycles. The van der Waals surface area contributed by atoms with E-state index in [2.05, 4.69) is 21.2 Å². The van der Waals surface area contributed by atoms with Crippen LogP contribution in [0, 0.1) is 5.82 Å². The summed E-state index contributed by atoms with van der Waals surface area (Å²) in [5.41, 5.74) is 1.91. The highest BCUT2D eigenvalue weighted by Gasteiger charge is 2.24. The summed E-state index contributed by atoms with van der Waals surface area (Å²) < 4.78 is 20.3. The first-order chi connectivity index (χ1) is 9.65. The molecule has 0 radical (unpaired) electrons. The van der Waals surface area contributed by atoms with E-state index < -0.39 is 0 Å². The molecule has 1 aromatic carbocycles. The van der Waals surface area contributed by atoms with Crippen LogP contribution >= 0.6 is 15.9 Å². The fraction of sp³-hybridized carbons (Fsp3) is 0.375. The van der Waals surface area contributed by atoms with Crippen LogP contribution in [-0.4, -0.2) is 0 Å².